The summed E-state index contributed by atoms with van der Waals surface area (Å²) in [6.45, 7) is 3.68. The summed E-state index contributed by atoms with van der Waals surface area (Å²) in [5, 5.41) is 21.7. The van der Waals surface area contributed by atoms with Gasteiger partial charge in [-0.1, -0.05) is 13.8 Å². The number of hydrogen-bond donors (Lipinski definition) is 4. The van der Waals surface area contributed by atoms with Gasteiger partial charge in [0, 0.05) is 6.54 Å². The Labute approximate surface area is 82.3 Å². The second-order valence-corrected chi connectivity index (χ2v) is 3.32. The second kappa shape index (κ2) is 6.20. The fourth-order valence-corrected chi connectivity index (χ4v) is 0.692. The normalized spacial score (nSPS) is 12.3. The molecule has 0 aromatic rings. The Hall–Kier alpha value is -1.30. The number of nitrogens with one attached hydrogen (secondary N) is 2. The molecule has 14 heavy (non-hydrogen) atoms. The zero-order valence-electron chi connectivity index (χ0n) is 8.28. The Balaban J connectivity index is 3.85. The van der Waals surface area contributed by atoms with E-state index < -0.39 is 24.6 Å². The molecule has 1 atom stereocenters. The van der Waals surface area contributed by atoms with E-state index in [2.05, 4.69) is 10.6 Å². The number of carbonyl (C=O) groups is 2. The summed E-state index contributed by atoms with van der Waals surface area (Å²) in [6, 6.07) is -1.83. The minimum absolute atomic E-state index is 0.290. The van der Waals surface area contributed by atoms with Gasteiger partial charge in [-0.05, 0) is 5.92 Å². The van der Waals surface area contributed by atoms with E-state index in [9.17, 15) is 9.59 Å². The van der Waals surface area contributed by atoms with Crippen LogP contribution in [-0.4, -0.2) is 41.4 Å². The third-order valence-electron chi connectivity index (χ3n) is 1.46. The number of carboxylic acid groups (broad SMARTS) is 1. The number of hydrogen-bond acceptors (Lipinski definition) is 3. The highest BCUT2D eigenvalue weighted by atomic mass is 16.4. The van der Waals surface area contributed by atoms with Crippen LogP contribution in [0, 0.1) is 5.92 Å². The van der Waals surface area contributed by atoms with Crippen LogP contribution in [0.3, 0.4) is 0 Å². The number of amides is 2. The lowest BCUT2D eigenvalue weighted by molar-refractivity contribution is -0.140. The quantitative estimate of drug-likeness (QED) is 0.480. The lowest BCUT2D eigenvalue weighted by atomic mass is 10.2. The van der Waals surface area contributed by atoms with Crippen molar-refractivity contribution < 1.29 is 19.8 Å². The average molecular weight is 204 g/mol. The minimum Gasteiger partial charge on any atom is -0.480 e. The van der Waals surface area contributed by atoms with E-state index in [-0.39, 0.29) is 5.92 Å². The molecular formula is C8H16N2O4. The van der Waals surface area contributed by atoms with Gasteiger partial charge in [-0.15, -0.1) is 0 Å². The van der Waals surface area contributed by atoms with E-state index in [0.29, 0.717) is 6.54 Å². The molecule has 0 aliphatic heterocycles. The van der Waals surface area contributed by atoms with Gasteiger partial charge in [0.15, 0.2) is 6.04 Å². The van der Waals surface area contributed by atoms with Crippen molar-refractivity contribution in [1.82, 2.24) is 10.6 Å². The maximum Gasteiger partial charge on any atom is 0.328 e. The first-order valence-electron chi connectivity index (χ1n) is 4.35. The first-order valence-corrected chi connectivity index (χ1v) is 4.35. The van der Waals surface area contributed by atoms with Gasteiger partial charge in [0.05, 0.1) is 6.61 Å². The summed E-state index contributed by atoms with van der Waals surface area (Å²) < 4.78 is 0. The summed E-state index contributed by atoms with van der Waals surface area (Å²) in [4.78, 5) is 21.4. The van der Waals surface area contributed by atoms with Crippen LogP contribution in [0.1, 0.15) is 13.8 Å². The molecule has 0 spiro atoms. The van der Waals surface area contributed by atoms with Crippen molar-refractivity contribution >= 4 is 12.0 Å². The van der Waals surface area contributed by atoms with Crippen LogP contribution < -0.4 is 10.6 Å². The van der Waals surface area contributed by atoms with E-state index >= 15 is 0 Å². The van der Waals surface area contributed by atoms with Gasteiger partial charge in [0.1, 0.15) is 0 Å². The van der Waals surface area contributed by atoms with Crippen LogP contribution in [0.4, 0.5) is 4.79 Å². The molecule has 6 nitrogen and oxygen atoms in total. The minimum atomic E-state index is -1.26. The van der Waals surface area contributed by atoms with E-state index in [0.717, 1.165) is 0 Å². The van der Waals surface area contributed by atoms with Crippen molar-refractivity contribution in [2.24, 2.45) is 5.92 Å². The smallest absolute Gasteiger partial charge is 0.328 e. The third kappa shape index (κ3) is 5.36. The Morgan fingerprint density at radius 3 is 2.29 bits per heavy atom. The Bertz CT molecular complexity index is 206. The summed E-state index contributed by atoms with van der Waals surface area (Å²) in [7, 11) is 0. The maximum absolute atomic E-state index is 11.0. The van der Waals surface area contributed by atoms with Gasteiger partial charge < -0.3 is 20.8 Å². The zero-order valence-corrected chi connectivity index (χ0v) is 8.28. The van der Waals surface area contributed by atoms with Gasteiger partial charge in [-0.2, -0.15) is 0 Å². The van der Waals surface area contributed by atoms with E-state index in [1.165, 1.54) is 0 Å². The van der Waals surface area contributed by atoms with Crippen molar-refractivity contribution in [1.29, 1.82) is 0 Å². The molecule has 0 heterocycles. The van der Waals surface area contributed by atoms with Crippen molar-refractivity contribution in [3.8, 4) is 0 Å². The van der Waals surface area contributed by atoms with Gasteiger partial charge >= 0.3 is 12.0 Å². The van der Waals surface area contributed by atoms with Crippen molar-refractivity contribution in [3.63, 3.8) is 0 Å². The van der Waals surface area contributed by atoms with E-state index in [1.54, 1.807) is 0 Å². The number of rotatable bonds is 5. The maximum atomic E-state index is 11.0. The molecule has 0 aromatic heterocycles. The molecule has 0 aromatic carbocycles. The molecule has 4 N–H and O–H groups in total. The Morgan fingerprint density at radius 2 is 1.93 bits per heavy atom. The molecule has 0 aliphatic carbocycles. The van der Waals surface area contributed by atoms with Crippen LogP contribution in [0.25, 0.3) is 0 Å². The Kier molecular flexibility index (Phi) is 5.62. The van der Waals surface area contributed by atoms with Gasteiger partial charge in [0.2, 0.25) is 0 Å². The lowest BCUT2D eigenvalue weighted by Crippen LogP contribution is -2.48. The highest BCUT2D eigenvalue weighted by molar-refractivity contribution is 5.82. The number of aliphatic hydroxyl groups is 1. The SMILES string of the molecule is CC(C)CNC(=O)N[C@@H](CO)C(=O)O. The molecule has 0 saturated heterocycles. The number of carboxylic acids is 1. The zero-order chi connectivity index (χ0) is 11.1. The van der Waals surface area contributed by atoms with Crippen LogP contribution >= 0.6 is 0 Å². The number of urea groups is 1. The molecule has 0 aliphatic rings. The third-order valence-corrected chi connectivity index (χ3v) is 1.46. The summed E-state index contributed by atoms with van der Waals surface area (Å²) in [5.74, 6) is -0.967. The van der Waals surface area contributed by atoms with Crippen molar-refractivity contribution in [2.45, 2.75) is 19.9 Å². The number of carbonyl (C=O) groups excluding carboxylic acids is 1. The summed E-state index contributed by atoms with van der Waals surface area (Å²) >= 11 is 0. The van der Waals surface area contributed by atoms with Crippen molar-refractivity contribution in [2.75, 3.05) is 13.2 Å². The van der Waals surface area contributed by atoms with Crippen LogP contribution in [0.5, 0.6) is 0 Å². The fourth-order valence-electron chi connectivity index (χ4n) is 0.692. The van der Waals surface area contributed by atoms with E-state index in [1.807, 2.05) is 13.8 Å². The lowest BCUT2D eigenvalue weighted by Gasteiger charge is -2.13. The standard InChI is InChI=1S/C8H16N2O4/c1-5(2)3-9-8(14)10-6(4-11)7(12)13/h5-6,11H,3-4H2,1-2H3,(H,12,13)(H2,9,10,14)/t6-/m0/s1. The molecule has 6 heteroatoms. The summed E-state index contributed by atoms with van der Waals surface area (Å²) in [6.07, 6.45) is 0. The van der Waals surface area contributed by atoms with Crippen LogP contribution in [0.2, 0.25) is 0 Å². The highest BCUT2D eigenvalue weighted by Crippen LogP contribution is 1.87. The fraction of sp³-hybridized carbons (Fsp3) is 0.750. The number of aliphatic carboxylic acids is 1. The molecule has 0 rings (SSSR count). The van der Waals surface area contributed by atoms with Crippen LogP contribution in [-0.2, 0) is 4.79 Å². The molecule has 0 saturated carbocycles. The van der Waals surface area contributed by atoms with Crippen LogP contribution in [0.15, 0.2) is 0 Å². The first kappa shape index (κ1) is 12.7. The van der Waals surface area contributed by atoms with Gasteiger partial charge in [-0.25, -0.2) is 9.59 Å². The molecule has 0 fully saturated rings. The van der Waals surface area contributed by atoms with Gasteiger partial charge in [-0.3, -0.25) is 0 Å². The van der Waals surface area contributed by atoms with Gasteiger partial charge in [0.25, 0.3) is 0 Å². The molecule has 0 bridgehead atoms. The molecule has 82 valence electrons. The topological polar surface area (TPSA) is 98.7 Å². The summed E-state index contributed by atoms with van der Waals surface area (Å²) in [5.41, 5.74) is 0. The predicted octanol–water partition coefficient (Wildman–Crippen LogP) is -0.613. The highest BCUT2D eigenvalue weighted by Gasteiger charge is 2.18. The largest absolute Gasteiger partial charge is 0.480 e. The number of aliphatic hydroxyl groups excluding tert-OH is 1. The molecule has 2 amide bonds. The predicted molar refractivity (Wildman–Crippen MR) is 49.9 cm³/mol. The average Bonchev–Trinajstić information content (AvgIpc) is 2.10. The molecule has 0 radical (unpaired) electrons. The van der Waals surface area contributed by atoms with E-state index in [4.69, 9.17) is 10.2 Å². The Morgan fingerprint density at radius 1 is 1.36 bits per heavy atom. The molecule has 0 unspecified atom stereocenters. The monoisotopic (exact) mass is 204 g/mol. The first-order chi connectivity index (χ1) is 6.47. The molecular weight excluding hydrogens is 188 g/mol. The second-order valence-electron chi connectivity index (χ2n) is 3.32. The van der Waals surface area contributed by atoms with Crippen molar-refractivity contribution in [3.05, 3.63) is 0 Å².